The molecule has 6 nitrogen and oxygen atoms in total. The Hall–Kier alpha value is -3.07. The minimum absolute atomic E-state index is 0.376. The Labute approximate surface area is 152 Å². The van der Waals surface area contributed by atoms with Gasteiger partial charge in [0.15, 0.2) is 6.61 Å². The van der Waals surface area contributed by atoms with Crippen molar-refractivity contribution in [1.82, 2.24) is 9.88 Å². The molecule has 1 aliphatic carbocycles. The van der Waals surface area contributed by atoms with Crippen LogP contribution in [0.2, 0.25) is 0 Å². The number of carbonyl (C=O) groups excluding carboxylic acids is 2. The lowest BCUT2D eigenvalue weighted by Crippen LogP contribution is -2.50. The number of hydrogen-bond donors (Lipinski definition) is 1. The molecule has 2 aromatic rings. The summed E-state index contributed by atoms with van der Waals surface area (Å²) in [6.07, 6.45) is 8.02. The molecule has 0 bridgehead atoms. The molecule has 1 aromatic carbocycles. The molecule has 0 spiro atoms. The number of carbonyl (C=O) groups is 2. The zero-order valence-electron chi connectivity index (χ0n) is 14.5. The van der Waals surface area contributed by atoms with Gasteiger partial charge in [0.05, 0.1) is 11.6 Å². The van der Waals surface area contributed by atoms with E-state index < -0.39 is 17.4 Å². The third kappa shape index (κ3) is 4.12. The molecule has 1 aromatic heterocycles. The topological polar surface area (TPSA) is 84.1 Å². The summed E-state index contributed by atoms with van der Waals surface area (Å²) in [6, 6.07) is 13.0. The fourth-order valence-electron chi connectivity index (χ4n) is 3.21. The minimum Gasteiger partial charge on any atom is -0.452 e. The summed E-state index contributed by atoms with van der Waals surface area (Å²) < 4.78 is 7.01. The van der Waals surface area contributed by atoms with Gasteiger partial charge in [-0.05, 0) is 49.2 Å². The normalized spacial score (nSPS) is 15.7. The van der Waals surface area contributed by atoms with Crippen LogP contribution in [0.1, 0.15) is 42.5 Å². The summed E-state index contributed by atoms with van der Waals surface area (Å²) in [5.74, 6) is -1.00. The molecule has 1 aliphatic rings. The van der Waals surface area contributed by atoms with Gasteiger partial charge in [-0.25, -0.2) is 4.79 Å². The number of hydrogen-bond acceptors (Lipinski definition) is 4. The fourth-order valence-corrected chi connectivity index (χ4v) is 3.21. The van der Waals surface area contributed by atoms with Crippen molar-refractivity contribution in [3.05, 3.63) is 54.4 Å². The predicted octanol–water partition coefficient (Wildman–Crippen LogP) is 2.98. The molecule has 1 amide bonds. The van der Waals surface area contributed by atoms with Gasteiger partial charge < -0.3 is 14.6 Å². The number of amides is 1. The van der Waals surface area contributed by atoms with Crippen molar-refractivity contribution in [3.8, 4) is 11.8 Å². The van der Waals surface area contributed by atoms with Crippen LogP contribution < -0.4 is 5.32 Å². The van der Waals surface area contributed by atoms with Crippen LogP contribution in [-0.4, -0.2) is 28.6 Å². The first-order valence-corrected chi connectivity index (χ1v) is 8.75. The van der Waals surface area contributed by atoms with E-state index in [0.29, 0.717) is 18.4 Å². The van der Waals surface area contributed by atoms with Crippen molar-refractivity contribution in [1.29, 1.82) is 5.26 Å². The molecule has 1 saturated carbocycles. The Bertz CT molecular complexity index is 798. The average Bonchev–Trinajstić information content (AvgIpc) is 3.22. The van der Waals surface area contributed by atoms with E-state index in [1.54, 1.807) is 12.1 Å². The molecule has 0 unspecified atom stereocenters. The highest BCUT2D eigenvalue weighted by Gasteiger charge is 2.33. The molecule has 1 heterocycles. The molecule has 0 saturated heterocycles. The Balaban J connectivity index is 1.53. The van der Waals surface area contributed by atoms with Gasteiger partial charge in [0, 0.05) is 18.1 Å². The molecular weight excluding hydrogens is 330 g/mol. The van der Waals surface area contributed by atoms with Gasteiger partial charge in [-0.3, -0.25) is 4.79 Å². The van der Waals surface area contributed by atoms with Crippen LogP contribution in [0.5, 0.6) is 0 Å². The minimum atomic E-state index is -0.819. The number of nitrogens with one attached hydrogen (secondary N) is 1. The molecule has 0 radical (unpaired) electrons. The molecule has 134 valence electrons. The fraction of sp³-hybridized carbons (Fsp3) is 0.350. The van der Waals surface area contributed by atoms with Crippen molar-refractivity contribution in [2.45, 2.75) is 37.6 Å². The number of rotatable bonds is 5. The quantitative estimate of drug-likeness (QED) is 0.839. The molecule has 0 aliphatic heterocycles. The van der Waals surface area contributed by atoms with Gasteiger partial charge in [0.25, 0.3) is 5.91 Å². The molecule has 1 N–H and O–H groups in total. The Morgan fingerprint density at radius 2 is 1.77 bits per heavy atom. The van der Waals surface area contributed by atoms with Crippen molar-refractivity contribution in [3.63, 3.8) is 0 Å². The lowest BCUT2D eigenvalue weighted by molar-refractivity contribution is -0.125. The molecular formula is C20H21N3O3. The van der Waals surface area contributed by atoms with E-state index in [1.807, 2.05) is 41.2 Å². The van der Waals surface area contributed by atoms with E-state index in [9.17, 15) is 14.9 Å². The largest absolute Gasteiger partial charge is 0.452 e. The highest BCUT2D eigenvalue weighted by molar-refractivity contribution is 5.91. The monoisotopic (exact) mass is 351 g/mol. The molecule has 3 rings (SSSR count). The number of nitriles is 1. The van der Waals surface area contributed by atoms with Gasteiger partial charge in [-0.1, -0.05) is 19.3 Å². The lowest BCUT2D eigenvalue weighted by Gasteiger charge is -2.31. The standard InChI is InChI=1S/C20H21N3O3/c21-15-20(10-2-1-3-11-20)22-18(24)14-26-19(25)16-6-8-17(9-7-16)23-12-4-5-13-23/h4-9,12-13H,1-3,10-11,14H2,(H,22,24). The van der Waals surface area contributed by atoms with E-state index in [0.717, 1.165) is 24.9 Å². The van der Waals surface area contributed by atoms with Gasteiger partial charge >= 0.3 is 5.97 Å². The molecule has 6 heteroatoms. The second-order valence-electron chi connectivity index (χ2n) is 6.52. The highest BCUT2D eigenvalue weighted by atomic mass is 16.5. The summed E-state index contributed by atoms with van der Waals surface area (Å²) in [5, 5.41) is 12.1. The van der Waals surface area contributed by atoms with Crippen molar-refractivity contribution >= 4 is 11.9 Å². The predicted molar refractivity (Wildman–Crippen MR) is 95.6 cm³/mol. The average molecular weight is 351 g/mol. The summed E-state index contributed by atoms with van der Waals surface area (Å²) in [5.41, 5.74) is 0.485. The van der Waals surface area contributed by atoms with Gasteiger partial charge in [-0.2, -0.15) is 5.26 Å². The van der Waals surface area contributed by atoms with Gasteiger partial charge in [0.2, 0.25) is 0 Å². The third-order valence-corrected chi connectivity index (χ3v) is 4.64. The molecule has 1 fully saturated rings. The number of ether oxygens (including phenoxy) is 1. The Kier molecular flexibility index (Phi) is 5.37. The maximum Gasteiger partial charge on any atom is 0.338 e. The van der Waals surface area contributed by atoms with Crippen LogP contribution in [0.4, 0.5) is 0 Å². The number of benzene rings is 1. The van der Waals surface area contributed by atoms with Crippen LogP contribution >= 0.6 is 0 Å². The van der Waals surface area contributed by atoms with E-state index in [4.69, 9.17) is 4.74 Å². The third-order valence-electron chi connectivity index (χ3n) is 4.64. The lowest BCUT2D eigenvalue weighted by atomic mass is 9.83. The Morgan fingerprint density at radius 1 is 1.12 bits per heavy atom. The van der Waals surface area contributed by atoms with Crippen LogP contribution in [0.25, 0.3) is 5.69 Å². The zero-order valence-corrected chi connectivity index (χ0v) is 14.5. The first-order chi connectivity index (χ1) is 12.6. The smallest absolute Gasteiger partial charge is 0.338 e. The van der Waals surface area contributed by atoms with Crippen molar-refractivity contribution in [2.75, 3.05) is 6.61 Å². The van der Waals surface area contributed by atoms with Crippen LogP contribution in [0.15, 0.2) is 48.8 Å². The van der Waals surface area contributed by atoms with Crippen LogP contribution in [0, 0.1) is 11.3 Å². The van der Waals surface area contributed by atoms with Crippen LogP contribution in [-0.2, 0) is 9.53 Å². The maximum absolute atomic E-state index is 12.1. The van der Waals surface area contributed by atoms with E-state index in [1.165, 1.54) is 0 Å². The number of esters is 1. The van der Waals surface area contributed by atoms with E-state index in [2.05, 4.69) is 11.4 Å². The zero-order chi connectivity index (χ0) is 18.4. The van der Waals surface area contributed by atoms with Crippen molar-refractivity contribution < 1.29 is 14.3 Å². The summed E-state index contributed by atoms with van der Waals surface area (Å²) in [4.78, 5) is 24.2. The van der Waals surface area contributed by atoms with Gasteiger partial charge in [-0.15, -0.1) is 0 Å². The summed E-state index contributed by atoms with van der Waals surface area (Å²) in [6.45, 7) is -0.387. The number of aromatic nitrogens is 1. The van der Waals surface area contributed by atoms with Crippen molar-refractivity contribution in [2.24, 2.45) is 0 Å². The first-order valence-electron chi connectivity index (χ1n) is 8.75. The summed E-state index contributed by atoms with van der Waals surface area (Å²) in [7, 11) is 0. The number of nitrogens with zero attached hydrogens (tertiary/aromatic N) is 2. The van der Waals surface area contributed by atoms with Crippen LogP contribution in [0.3, 0.4) is 0 Å². The SMILES string of the molecule is N#CC1(NC(=O)COC(=O)c2ccc(-n3cccc3)cc2)CCCCC1. The molecule has 26 heavy (non-hydrogen) atoms. The second-order valence-corrected chi connectivity index (χ2v) is 6.52. The Morgan fingerprint density at radius 3 is 2.38 bits per heavy atom. The second kappa shape index (κ2) is 7.87. The van der Waals surface area contributed by atoms with E-state index in [-0.39, 0.29) is 6.61 Å². The van der Waals surface area contributed by atoms with Gasteiger partial charge in [0.1, 0.15) is 5.54 Å². The first kappa shape index (κ1) is 17.7. The highest BCUT2D eigenvalue weighted by Crippen LogP contribution is 2.27. The van der Waals surface area contributed by atoms with E-state index >= 15 is 0 Å². The maximum atomic E-state index is 12.1. The summed E-state index contributed by atoms with van der Waals surface area (Å²) >= 11 is 0. The molecule has 0 atom stereocenters.